The Labute approximate surface area is 254 Å². The maximum Gasteiger partial charge on any atom is 0.221 e. The van der Waals surface area contributed by atoms with Crippen LogP contribution >= 0.6 is 0 Å². The van der Waals surface area contributed by atoms with E-state index >= 15 is 0 Å². The van der Waals surface area contributed by atoms with Crippen LogP contribution in [0.3, 0.4) is 0 Å². The van der Waals surface area contributed by atoms with E-state index in [0.717, 1.165) is 48.9 Å². The van der Waals surface area contributed by atoms with Crippen LogP contribution in [0.1, 0.15) is 96.9 Å². The quantitative estimate of drug-likeness (QED) is 0.190. The molecule has 2 amide bonds. The number of carbonyl (C=O) groups is 2. The van der Waals surface area contributed by atoms with Crippen LogP contribution in [-0.4, -0.2) is 60.0 Å². The van der Waals surface area contributed by atoms with Crippen molar-refractivity contribution in [2.75, 3.05) is 43.5 Å². The zero-order chi connectivity index (χ0) is 31.9. The second-order valence-corrected chi connectivity index (χ2v) is 11.8. The molecule has 4 rings (SSSR count). The molecule has 1 aromatic heterocycles. The fourth-order valence-corrected chi connectivity index (χ4v) is 5.39. The first-order chi connectivity index (χ1) is 19.9. The third-order valence-electron chi connectivity index (χ3n) is 7.44. The van der Waals surface area contributed by atoms with Crippen LogP contribution in [-0.2, 0) is 16.0 Å². The molecule has 9 nitrogen and oxygen atoms in total. The number of hydrogen-bond donors (Lipinski definition) is 4. The minimum Gasteiger partial charge on any atom is -0.398 e. The lowest BCUT2D eigenvalue weighted by atomic mass is 9.84. The van der Waals surface area contributed by atoms with Gasteiger partial charge in [-0.2, -0.15) is 0 Å². The lowest BCUT2D eigenvalue weighted by Crippen LogP contribution is -2.37. The van der Waals surface area contributed by atoms with E-state index < -0.39 is 0 Å². The van der Waals surface area contributed by atoms with Crippen molar-refractivity contribution in [3.8, 4) is 0 Å². The van der Waals surface area contributed by atoms with E-state index in [1.165, 1.54) is 39.1 Å². The molecule has 2 aromatic rings. The van der Waals surface area contributed by atoms with Crippen molar-refractivity contribution < 1.29 is 9.59 Å². The van der Waals surface area contributed by atoms with Crippen molar-refractivity contribution in [3.05, 3.63) is 47.2 Å². The summed E-state index contributed by atoms with van der Waals surface area (Å²) in [6, 6.07) is 7.66. The number of anilines is 3. The van der Waals surface area contributed by atoms with Crippen LogP contribution in [0.25, 0.3) is 0 Å². The molecule has 2 saturated heterocycles. The van der Waals surface area contributed by atoms with E-state index in [0.29, 0.717) is 28.5 Å². The van der Waals surface area contributed by atoms with Gasteiger partial charge in [0.25, 0.3) is 0 Å². The summed E-state index contributed by atoms with van der Waals surface area (Å²) in [6.07, 6.45) is 9.42. The Morgan fingerprint density at radius 1 is 1.21 bits per heavy atom. The van der Waals surface area contributed by atoms with Crippen LogP contribution in [0.4, 0.5) is 17.2 Å². The topological polar surface area (TPSA) is 141 Å². The van der Waals surface area contributed by atoms with Gasteiger partial charge in [0.2, 0.25) is 12.3 Å². The maximum absolute atomic E-state index is 11.2. The predicted octanol–water partition coefficient (Wildman–Crippen LogP) is 6.14. The van der Waals surface area contributed by atoms with E-state index in [4.69, 9.17) is 16.9 Å². The number of nitrogen functional groups attached to an aromatic ring is 2. The minimum absolute atomic E-state index is 0.103. The van der Waals surface area contributed by atoms with Gasteiger partial charge in [-0.3, -0.25) is 9.59 Å². The number of piperidine rings is 2. The summed E-state index contributed by atoms with van der Waals surface area (Å²) < 4.78 is 0. The highest BCUT2D eigenvalue weighted by Gasteiger charge is 2.26. The summed E-state index contributed by atoms with van der Waals surface area (Å²) in [5, 5.41) is 9.88. The number of nitrogens with zero attached hydrogens (tertiary/aromatic N) is 3. The Kier molecular flexibility index (Phi) is 15.8. The summed E-state index contributed by atoms with van der Waals surface area (Å²) in [4.78, 5) is 30.1. The molecule has 3 heterocycles. The molecule has 234 valence electrons. The fourth-order valence-electron chi connectivity index (χ4n) is 5.39. The molecule has 0 spiro atoms. The van der Waals surface area contributed by atoms with Gasteiger partial charge in [0.05, 0.1) is 17.9 Å². The van der Waals surface area contributed by atoms with Crippen LogP contribution in [0.2, 0.25) is 0 Å². The summed E-state index contributed by atoms with van der Waals surface area (Å²) in [7, 11) is 2.21. The summed E-state index contributed by atoms with van der Waals surface area (Å²) >= 11 is 0. The Balaban J connectivity index is 0.000000323. The van der Waals surface area contributed by atoms with Gasteiger partial charge in [0, 0.05) is 37.5 Å². The standard InChI is InChI=1S/C14H19N3O.C9H13N3O.C8H17N.C2H6/c1-10-2-5-14(17(8-10)9-18)11-3-4-12(7-15)13(16)6-11;1-3-7-4-8(12-6(2)13)5-11-9(7)10;1-8(2)5-4-6-9(3)7-8;1-2/h3-4,6-7,9-10,14-15H,2,5,8,16H2,1H3;4-5H,3H2,1-2H3,(H2,10,11)(H,12,13);4-7H2,1-3H3;1-2H3/t10?,14-;;;/m1.../s1. The molecule has 0 bridgehead atoms. The van der Waals surface area contributed by atoms with Crippen LogP contribution in [0.5, 0.6) is 0 Å². The van der Waals surface area contributed by atoms with Gasteiger partial charge in [-0.25, -0.2) is 4.98 Å². The highest BCUT2D eigenvalue weighted by molar-refractivity contribution is 5.88. The number of nitrogens with two attached hydrogens (primary N) is 2. The van der Waals surface area contributed by atoms with Crippen molar-refractivity contribution in [3.63, 3.8) is 0 Å². The van der Waals surface area contributed by atoms with Gasteiger partial charge in [-0.05, 0) is 80.3 Å². The Morgan fingerprint density at radius 3 is 2.40 bits per heavy atom. The summed E-state index contributed by atoms with van der Waals surface area (Å²) in [5.41, 5.74) is 16.1. The molecule has 6 N–H and O–H groups in total. The summed E-state index contributed by atoms with van der Waals surface area (Å²) in [6.45, 7) is 17.7. The first-order valence-electron chi connectivity index (χ1n) is 15.2. The number of amides is 2. The van der Waals surface area contributed by atoms with E-state index in [1.807, 2.05) is 49.9 Å². The first kappa shape index (κ1) is 36.6. The molecule has 0 saturated carbocycles. The average Bonchev–Trinajstić information content (AvgIpc) is 2.94. The van der Waals surface area contributed by atoms with Crippen LogP contribution in [0, 0.1) is 16.7 Å². The maximum atomic E-state index is 11.2. The number of rotatable bonds is 5. The van der Waals surface area contributed by atoms with Gasteiger partial charge in [-0.15, -0.1) is 0 Å². The van der Waals surface area contributed by atoms with Crippen LogP contribution in [0.15, 0.2) is 30.5 Å². The van der Waals surface area contributed by atoms with E-state index in [9.17, 15) is 9.59 Å². The number of carbonyl (C=O) groups excluding carboxylic acids is 2. The molecule has 2 aliphatic heterocycles. The lowest BCUT2D eigenvalue weighted by Gasteiger charge is -2.36. The zero-order valence-electron chi connectivity index (χ0n) is 27.2. The molecule has 2 aliphatic rings. The zero-order valence-corrected chi connectivity index (χ0v) is 27.2. The minimum atomic E-state index is -0.103. The number of aromatic nitrogens is 1. The normalized spacial score (nSPS) is 19.4. The molecule has 42 heavy (non-hydrogen) atoms. The molecule has 0 radical (unpaired) electrons. The van der Waals surface area contributed by atoms with Crippen LogP contribution < -0.4 is 16.8 Å². The van der Waals surface area contributed by atoms with Gasteiger partial charge in [-0.1, -0.05) is 53.7 Å². The average molecular weight is 582 g/mol. The van der Waals surface area contributed by atoms with Gasteiger partial charge < -0.3 is 32.0 Å². The number of pyridine rings is 1. The number of hydrogen-bond acceptors (Lipinski definition) is 7. The fraction of sp³-hybridized carbons (Fsp3) is 0.576. The van der Waals surface area contributed by atoms with Crippen molar-refractivity contribution in [2.45, 2.75) is 86.6 Å². The number of likely N-dealkylation sites (tertiary alicyclic amines) is 2. The molecular weight excluding hydrogens is 526 g/mol. The third kappa shape index (κ3) is 12.2. The SMILES string of the molecule is CC.CC1CC[C@H](c2ccc(C=N)c(N)c2)N(C=O)C1.CCc1cc(NC(C)=O)cnc1N.CN1CCCC(C)(C)C1. The molecule has 9 heteroatoms. The third-order valence-corrected chi connectivity index (χ3v) is 7.44. The van der Waals surface area contributed by atoms with E-state index in [2.05, 4.69) is 43.0 Å². The monoisotopic (exact) mass is 581 g/mol. The van der Waals surface area contributed by atoms with Gasteiger partial charge in [0.15, 0.2) is 0 Å². The highest BCUT2D eigenvalue weighted by Crippen LogP contribution is 2.33. The number of benzene rings is 1. The molecule has 2 fully saturated rings. The molecule has 0 aliphatic carbocycles. The van der Waals surface area contributed by atoms with Crippen molar-refractivity contribution in [2.24, 2.45) is 11.3 Å². The van der Waals surface area contributed by atoms with Gasteiger partial charge in [0.1, 0.15) is 5.82 Å². The molecule has 1 aromatic carbocycles. The van der Waals surface area contributed by atoms with Gasteiger partial charge >= 0.3 is 0 Å². The molecule has 1 unspecified atom stereocenters. The summed E-state index contributed by atoms with van der Waals surface area (Å²) in [5.74, 6) is 0.981. The largest absolute Gasteiger partial charge is 0.398 e. The number of aryl methyl sites for hydroxylation is 1. The van der Waals surface area contributed by atoms with E-state index in [-0.39, 0.29) is 11.9 Å². The molecule has 2 atom stereocenters. The van der Waals surface area contributed by atoms with E-state index in [1.54, 1.807) is 6.20 Å². The lowest BCUT2D eigenvalue weighted by molar-refractivity contribution is -0.122. The Hall–Kier alpha value is -3.46. The van der Waals surface area contributed by atoms with Crippen molar-refractivity contribution in [1.82, 2.24) is 14.8 Å². The highest BCUT2D eigenvalue weighted by atomic mass is 16.1. The Bertz CT molecular complexity index is 1140. The second kappa shape index (κ2) is 18.2. The number of nitrogens with one attached hydrogen (secondary N) is 2. The Morgan fingerprint density at radius 2 is 1.90 bits per heavy atom. The van der Waals surface area contributed by atoms with Crippen molar-refractivity contribution >= 4 is 35.7 Å². The second-order valence-electron chi connectivity index (χ2n) is 11.8. The first-order valence-corrected chi connectivity index (χ1v) is 15.2. The van der Waals surface area contributed by atoms with Crippen molar-refractivity contribution in [1.29, 1.82) is 5.41 Å². The smallest absolute Gasteiger partial charge is 0.221 e. The predicted molar refractivity (Wildman–Crippen MR) is 177 cm³/mol. The molecular formula is C33H55N7O2.